The van der Waals surface area contributed by atoms with Gasteiger partial charge >= 0.3 is 0 Å². The maximum Gasteiger partial charge on any atom is 0.0309 e. The monoisotopic (exact) mass is 229 g/mol. The minimum atomic E-state index is 0.199. The van der Waals surface area contributed by atoms with Crippen LogP contribution in [0.3, 0.4) is 0 Å². The summed E-state index contributed by atoms with van der Waals surface area (Å²) < 4.78 is 0. The predicted molar refractivity (Wildman–Crippen MR) is 68.8 cm³/mol. The van der Waals surface area contributed by atoms with E-state index in [2.05, 4.69) is 41.1 Å². The Morgan fingerprint density at radius 2 is 2.19 bits per heavy atom. The van der Waals surface area contributed by atoms with Crippen LogP contribution in [-0.2, 0) is 6.42 Å². The third-order valence-electron chi connectivity index (χ3n) is 3.47. The molecule has 0 aliphatic heterocycles. The molecule has 82 valence electrons. The van der Waals surface area contributed by atoms with Crippen LogP contribution >= 0.6 is 11.3 Å². The average molecular weight is 229 g/mol. The van der Waals surface area contributed by atoms with Crippen LogP contribution in [0.2, 0.25) is 0 Å². The molecule has 3 rings (SSSR count). The lowest BCUT2D eigenvalue weighted by Gasteiger charge is -2.31. The van der Waals surface area contributed by atoms with Gasteiger partial charge in [-0.05, 0) is 52.3 Å². The van der Waals surface area contributed by atoms with Crippen molar-refractivity contribution in [1.82, 2.24) is 0 Å². The number of hydrogen-bond acceptors (Lipinski definition) is 2. The molecule has 1 nitrogen and oxygen atoms in total. The molecule has 1 aromatic heterocycles. The van der Waals surface area contributed by atoms with Gasteiger partial charge in [-0.1, -0.05) is 24.3 Å². The van der Waals surface area contributed by atoms with Gasteiger partial charge in [0.15, 0.2) is 0 Å². The van der Waals surface area contributed by atoms with E-state index in [4.69, 9.17) is 5.73 Å². The van der Waals surface area contributed by atoms with E-state index in [0.29, 0.717) is 5.92 Å². The summed E-state index contributed by atoms with van der Waals surface area (Å²) in [6, 6.07) is 11.0. The second-order valence-corrected chi connectivity index (χ2v) is 5.28. The Hall–Kier alpha value is -1.12. The number of rotatable bonds is 3. The summed E-state index contributed by atoms with van der Waals surface area (Å²) in [5.41, 5.74) is 10.5. The minimum absolute atomic E-state index is 0.199. The Bertz CT molecular complexity index is 475. The van der Waals surface area contributed by atoms with E-state index in [9.17, 15) is 0 Å². The number of hydrogen-bond donors (Lipinski definition) is 1. The van der Waals surface area contributed by atoms with Crippen molar-refractivity contribution in [1.29, 1.82) is 0 Å². The zero-order chi connectivity index (χ0) is 11.0. The molecule has 1 aromatic carbocycles. The molecule has 0 spiro atoms. The summed E-state index contributed by atoms with van der Waals surface area (Å²) in [4.78, 5) is 0. The van der Waals surface area contributed by atoms with Crippen molar-refractivity contribution in [3.63, 3.8) is 0 Å². The second-order valence-electron chi connectivity index (χ2n) is 4.50. The summed E-state index contributed by atoms with van der Waals surface area (Å²) >= 11 is 1.73. The molecule has 0 amide bonds. The van der Waals surface area contributed by atoms with E-state index in [-0.39, 0.29) is 6.04 Å². The molecule has 0 bridgehead atoms. The molecule has 2 unspecified atom stereocenters. The van der Waals surface area contributed by atoms with Gasteiger partial charge < -0.3 is 5.73 Å². The van der Waals surface area contributed by atoms with Gasteiger partial charge in [0.25, 0.3) is 0 Å². The zero-order valence-electron chi connectivity index (χ0n) is 9.10. The van der Waals surface area contributed by atoms with Crippen molar-refractivity contribution in [2.45, 2.75) is 24.8 Å². The smallest absolute Gasteiger partial charge is 0.0309 e. The van der Waals surface area contributed by atoms with Crippen molar-refractivity contribution < 1.29 is 0 Å². The van der Waals surface area contributed by atoms with Crippen molar-refractivity contribution >= 4 is 11.3 Å². The Kier molecular flexibility index (Phi) is 2.54. The SMILES string of the molecule is NC(CC1Cc2ccccc21)c1ccsc1. The number of nitrogens with two attached hydrogens (primary N) is 1. The Balaban J connectivity index is 1.70. The first-order valence-corrected chi connectivity index (χ1v) is 6.64. The van der Waals surface area contributed by atoms with Gasteiger partial charge in [-0.3, -0.25) is 0 Å². The first-order chi connectivity index (χ1) is 7.84. The molecular weight excluding hydrogens is 214 g/mol. The van der Waals surface area contributed by atoms with Crippen molar-refractivity contribution in [3.8, 4) is 0 Å². The summed E-state index contributed by atoms with van der Waals surface area (Å²) in [7, 11) is 0. The topological polar surface area (TPSA) is 26.0 Å². The highest BCUT2D eigenvalue weighted by Crippen LogP contribution is 2.40. The lowest BCUT2D eigenvalue weighted by Crippen LogP contribution is -2.22. The van der Waals surface area contributed by atoms with Crippen molar-refractivity contribution in [2.24, 2.45) is 5.73 Å². The van der Waals surface area contributed by atoms with Crippen molar-refractivity contribution in [2.75, 3.05) is 0 Å². The second kappa shape index (κ2) is 4.04. The third-order valence-corrected chi connectivity index (χ3v) is 4.17. The van der Waals surface area contributed by atoms with Gasteiger partial charge in [-0.2, -0.15) is 11.3 Å². The Morgan fingerprint density at radius 3 is 2.94 bits per heavy atom. The molecule has 2 heteroatoms. The first-order valence-electron chi connectivity index (χ1n) is 5.70. The van der Waals surface area contributed by atoms with Crippen LogP contribution in [0, 0.1) is 0 Å². The zero-order valence-corrected chi connectivity index (χ0v) is 9.91. The summed E-state index contributed by atoms with van der Waals surface area (Å²) in [6.45, 7) is 0. The lowest BCUT2D eigenvalue weighted by molar-refractivity contribution is 0.499. The van der Waals surface area contributed by atoms with Crippen LogP contribution in [0.4, 0.5) is 0 Å². The van der Waals surface area contributed by atoms with Crippen molar-refractivity contribution in [3.05, 3.63) is 57.8 Å². The van der Waals surface area contributed by atoms with E-state index >= 15 is 0 Å². The van der Waals surface area contributed by atoms with Crippen LogP contribution < -0.4 is 5.73 Å². The quantitative estimate of drug-likeness (QED) is 0.856. The summed E-state index contributed by atoms with van der Waals surface area (Å²) in [5.74, 6) is 0.672. The van der Waals surface area contributed by atoms with Gasteiger partial charge in [0.05, 0.1) is 0 Å². The predicted octanol–water partition coefficient (Wildman–Crippen LogP) is 3.48. The molecule has 2 aromatic rings. The molecule has 2 N–H and O–H groups in total. The maximum atomic E-state index is 6.21. The maximum absolute atomic E-state index is 6.21. The molecule has 0 saturated carbocycles. The van der Waals surface area contributed by atoms with E-state index in [0.717, 1.165) is 6.42 Å². The summed E-state index contributed by atoms with van der Waals surface area (Å²) in [5, 5.41) is 4.26. The average Bonchev–Trinajstić information content (AvgIpc) is 2.79. The van der Waals surface area contributed by atoms with Gasteiger partial charge in [-0.15, -0.1) is 0 Å². The van der Waals surface area contributed by atoms with Gasteiger partial charge in [0, 0.05) is 6.04 Å². The van der Waals surface area contributed by atoms with Crippen LogP contribution in [-0.4, -0.2) is 0 Å². The van der Waals surface area contributed by atoms with Crippen LogP contribution in [0.1, 0.15) is 35.1 Å². The number of benzene rings is 1. The standard InChI is InChI=1S/C14H15NS/c15-14(11-5-6-16-9-11)8-12-7-10-3-1-2-4-13(10)12/h1-6,9,12,14H,7-8,15H2. The van der Waals surface area contributed by atoms with Gasteiger partial charge in [0.1, 0.15) is 0 Å². The van der Waals surface area contributed by atoms with E-state index in [1.807, 2.05) is 0 Å². The normalized spacial score (nSPS) is 19.9. The van der Waals surface area contributed by atoms with Crippen LogP contribution in [0.25, 0.3) is 0 Å². The lowest BCUT2D eigenvalue weighted by atomic mass is 9.74. The largest absolute Gasteiger partial charge is 0.324 e. The molecule has 0 fully saturated rings. The first kappa shape index (κ1) is 10.1. The molecule has 1 aliphatic carbocycles. The molecule has 1 heterocycles. The molecule has 0 radical (unpaired) electrons. The summed E-state index contributed by atoms with van der Waals surface area (Å²) in [6.07, 6.45) is 2.28. The van der Waals surface area contributed by atoms with Gasteiger partial charge in [-0.25, -0.2) is 0 Å². The minimum Gasteiger partial charge on any atom is -0.324 e. The van der Waals surface area contributed by atoms with E-state index in [1.54, 1.807) is 11.3 Å². The Labute approximate surface area is 99.9 Å². The molecular formula is C14H15NS. The molecule has 1 aliphatic rings. The fourth-order valence-electron chi connectivity index (χ4n) is 2.50. The van der Waals surface area contributed by atoms with Crippen LogP contribution in [0.15, 0.2) is 41.1 Å². The highest BCUT2D eigenvalue weighted by Gasteiger charge is 2.27. The number of fused-ring (bicyclic) bond motifs is 1. The van der Waals surface area contributed by atoms with E-state index < -0.39 is 0 Å². The molecule has 2 atom stereocenters. The molecule has 16 heavy (non-hydrogen) atoms. The third kappa shape index (κ3) is 1.68. The number of thiophene rings is 1. The molecule has 0 saturated heterocycles. The van der Waals surface area contributed by atoms with Gasteiger partial charge in [0.2, 0.25) is 0 Å². The highest BCUT2D eigenvalue weighted by atomic mass is 32.1. The fourth-order valence-corrected chi connectivity index (χ4v) is 3.23. The van der Waals surface area contributed by atoms with E-state index in [1.165, 1.54) is 23.1 Å². The van der Waals surface area contributed by atoms with Crippen LogP contribution in [0.5, 0.6) is 0 Å². The Morgan fingerprint density at radius 1 is 1.31 bits per heavy atom. The fraction of sp³-hybridized carbons (Fsp3) is 0.286. The highest BCUT2D eigenvalue weighted by molar-refractivity contribution is 7.07.